The minimum atomic E-state index is 0.244. The number of thioether (sulfide) groups is 1. The van der Waals surface area contributed by atoms with Crippen LogP contribution in [-0.2, 0) is 6.54 Å². The van der Waals surface area contributed by atoms with Gasteiger partial charge in [0.15, 0.2) is 0 Å². The van der Waals surface area contributed by atoms with E-state index in [0.29, 0.717) is 13.1 Å². The van der Waals surface area contributed by atoms with Gasteiger partial charge in [-0.25, -0.2) is 4.68 Å². The van der Waals surface area contributed by atoms with E-state index >= 15 is 0 Å². The van der Waals surface area contributed by atoms with Gasteiger partial charge in [-0.2, -0.15) is 0 Å². The molecule has 0 bridgehead atoms. The normalized spacial score (nSPS) is 10.7. The van der Waals surface area contributed by atoms with Gasteiger partial charge in [-0.3, -0.25) is 0 Å². The van der Waals surface area contributed by atoms with Crippen LogP contribution in [0.1, 0.15) is 12.8 Å². The van der Waals surface area contributed by atoms with E-state index in [1.54, 1.807) is 16.4 Å². The second-order valence-electron chi connectivity index (χ2n) is 2.75. The Morgan fingerprint density at radius 2 is 2.29 bits per heavy atom. The largest absolute Gasteiger partial charge is 0.396 e. The highest BCUT2D eigenvalue weighted by Crippen LogP contribution is 2.14. The van der Waals surface area contributed by atoms with E-state index in [2.05, 4.69) is 15.5 Å². The van der Waals surface area contributed by atoms with E-state index in [9.17, 15) is 0 Å². The monoisotopic (exact) mass is 217 g/mol. The Bertz CT molecular complexity index is 254. The highest BCUT2D eigenvalue weighted by atomic mass is 32.2. The molecule has 0 radical (unpaired) electrons. The molecule has 80 valence electrons. The quantitative estimate of drug-likeness (QED) is 0.472. The Hall–Kier alpha value is -0.660. The fraction of sp³-hybridized carbons (Fsp3) is 0.857. The van der Waals surface area contributed by atoms with Crippen molar-refractivity contribution in [2.45, 2.75) is 24.5 Å². The Morgan fingerprint density at radius 1 is 1.43 bits per heavy atom. The lowest BCUT2D eigenvalue weighted by atomic mass is 10.4. The molecule has 0 amide bonds. The number of aliphatic hydroxyl groups excluding tert-OH is 1. The molecular weight excluding hydrogens is 202 g/mol. The topological polar surface area (TPSA) is 89.9 Å². The van der Waals surface area contributed by atoms with Crippen LogP contribution in [-0.4, -0.2) is 44.2 Å². The Labute approximate surface area is 86.9 Å². The molecule has 3 N–H and O–H groups in total. The number of nitrogens with zero attached hydrogens (tertiary/aromatic N) is 4. The maximum Gasteiger partial charge on any atom is 0.209 e. The number of aromatic nitrogens is 4. The number of hydrogen-bond donors (Lipinski definition) is 2. The Morgan fingerprint density at radius 3 is 3.00 bits per heavy atom. The Kier molecular flexibility index (Phi) is 5.50. The van der Waals surface area contributed by atoms with Gasteiger partial charge in [0.05, 0.1) is 6.54 Å². The number of rotatable bonds is 7. The van der Waals surface area contributed by atoms with Crippen LogP contribution in [0.5, 0.6) is 0 Å². The molecule has 0 spiro atoms. The Balaban J connectivity index is 2.30. The zero-order chi connectivity index (χ0) is 10.2. The molecule has 0 saturated heterocycles. The average molecular weight is 217 g/mol. The fourth-order valence-electron chi connectivity index (χ4n) is 0.940. The maximum atomic E-state index is 8.59. The molecule has 7 heteroatoms. The van der Waals surface area contributed by atoms with E-state index in [-0.39, 0.29) is 6.61 Å². The van der Waals surface area contributed by atoms with E-state index in [4.69, 9.17) is 10.8 Å². The van der Waals surface area contributed by atoms with E-state index in [1.807, 2.05) is 0 Å². The van der Waals surface area contributed by atoms with Crippen molar-refractivity contribution in [3.8, 4) is 0 Å². The number of unbranched alkanes of at least 4 members (excludes halogenated alkanes) is 1. The van der Waals surface area contributed by atoms with Crippen LogP contribution in [0.15, 0.2) is 5.16 Å². The van der Waals surface area contributed by atoms with Crippen LogP contribution in [0, 0.1) is 0 Å². The molecule has 6 nitrogen and oxygen atoms in total. The molecule has 1 aromatic heterocycles. The smallest absolute Gasteiger partial charge is 0.209 e. The minimum Gasteiger partial charge on any atom is -0.396 e. The van der Waals surface area contributed by atoms with Crippen LogP contribution in [0.4, 0.5) is 0 Å². The number of hydrogen-bond acceptors (Lipinski definition) is 6. The summed E-state index contributed by atoms with van der Waals surface area (Å²) < 4.78 is 1.70. The number of aliphatic hydroxyl groups is 1. The zero-order valence-electron chi connectivity index (χ0n) is 7.96. The van der Waals surface area contributed by atoms with E-state index < -0.39 is 0 Å². The van der Waals surface area contributed by atoms with Crippen molar-refractivity contribution in [1.29, 1.82) is 0 Å². The van der Waals surface area contributed by atoms with Gasteiger partial charge in [-0.1, -0.05) is 11.8 Å². The summed E-state index contributed by atoms with van der Waals surface area (Å²) in [5.41, 5.74) is 5.41. The van der Waals surface area contributed by atoms with Gasteiger partial charge in [0.2, 0.25) is 5.16 Å². The van der Waals surface area contributed by atoms with Crippen molar-refractivity contribution < 1.29 is 5.11 Å². The first-order valence-electron chi connectivity index (χ1n) is 4.58. The SMILES string of the molecule is NCCn1nnnc1SCCCCO. The van der Waals surface area contributed by atoms with Crippen molar-refractivity contribution in [3.05, 3.63) is 0 Å². The van der Waals surface area contributed by atoms with Gasteiger partial charge in [-0.15, -0.1) is 5.10 Å². The predicted molar refractivity (Wildman–Crippen MR) is 53.9 cm³/mol. The number of nitrogens with two attached hydrogens (primary N) is 1. The highest BCUT2D eigenvalue weighted by Gasteiger charge is 2.04. The summed E-state index contributed by atoms with van der Waals surface area (Å²) in [6.07, 6.45) is 1.79. The lowest BCUT2D eigenvalue weighted by Crippen LogP contribution is -2.12. The van der Waals surface area contributed by atoms with Gasteiger partial charge < -0.3 is 10.8 Å². The van der Waals surface area contributed by atoms with Gasteiger partial charge in [0, 0.05) is 18.9 Å². The van der Waals surface area contributed by atoms with E-state index in [1.165, 1.54) is 0 Å². The molecule has 0 atom stereocenters. The minimum absolute atomic E-state index is 0.244. The van der Waals surface area contributed by atoms with Crippen LogP contribution >= 0.6 is 11.8 Å². The summed E-state index contributed by atoms with van der Waals surface area (Å²) in [6.45, 7) is 1.43. The summed E-state index contributed by atoms with van der Waals surface area (Å²) in [5, 5.41) is 20.7. The van der Waals surface area contributed by atoms with E-state index in [0.717, 1.165) is 23.8 Å². The first-order chi connectivity index (χ1) is 6.88. The van der Waals surface area contributed by atoms with Crippen molar-refractivity contribution in [2.75, 3.05) is 18.9 Å². The molecule has 1 rings (SSSR count). The molecule has 0 aliphatic heterocycles. The molecule has 1 aromatic rings. The summed E-state index contributed by atoms with van der Waals surface area (Å²) in [4.78, 5) is 0. The molecule has 14 heavy (non-hydrogen) atoms. The molecule has 1 heterocycles. The predicted octanol–water partition coefficient (Wildman–Crippen LogP) is -0.504. The third-order valence-corrected chi connectivity index (χ3v) is 2.67. The molecule has 0 unspecified atom stereocenters. The highest BCUT2D eigenvalue weighted by molar-refractivity contribution is 7.99. The van der Waals surface area contributed by atoms with Crippen molar-refractivity contribution in [2.24, 2.45) is 5.73 Å². The third kappa shape index (κ3) is 3.60. The summed E-state index contributed by atoms with van der Waals surface area (Å²) in [6, 6.07) is 0. The lowest BCUT2D eigenvalue weighted by molar-refractivity contribution is 0.287. The fourth-order valence-corrected chi connectivity index (χ4v) is 1.84. The van der Waals surface area contributed by atoms with Gasteiger partial charge in [-0.05, 0) is 23.3 Å². The summed E-state index contributed by atoms with van der Waals surface area (Å²) in [7, 11) is 0. The molecular formula is C7H15N5OS. The van der Waals surface area contributed by atoms with Crippen LogP contribution in [0.3, 0.4) is 0 Å². The van der Waals surface area contributed by atoms with Crippen LogP contribution < -0.4 is 5.73 Å². The van der Waals surface area contributed by atoms with Gasteiger partial charge in [0.1, 0.15) is 0 Å². The van der Waals surface area contributed by atoms with Gasteiger partial charge >= 0.3 is 0 Å². The molecule has 0 fully saturated rings. The molecule has 0 aliphatic carbocycles. The first-order valence-corrected chi connectivity index (χ1v) is 5.57. The molecule has 0 saturated carbocycles. The second-order valence-corrected chi connectivity index (χ2v) is 3.81. The van der Waals surface area contributed by atoms with Crippen LogP contribution in [0.2, 0.25) is 0 Å². The number of tetrazole rings is 1. The van der Waals surface area contributed by atoms with Crippen molar-refractivity contribution in [3.63, 3.8) is 0 Å². The first kappa shape index (κ1) is 11.4. The maximum absolute atomic E-state index is 8.59. The average Bonchev–Trinajstić information content (AvgIpc) is 2.61. The molecule has 0 aromatic carbocycles. The standard InChI is InChI=1S/C7H15N5OS/c8-3-4-12-7(9-10-11-12)14-6-2-1-5-13/h13H,1-6,8H2. The third-order valence-electron chi connectivity index (χ3n) is 1.62. The summed E-state index contributed by atoms with van der Waals surface area (Å²) in [5.74, 6) is 0.922. The van der Waals surface area contributed by atoms with Crippen molar-refractivity contribution >= 4 is 11.8 Å². The second kappa shape index (κ2) is 6.74. The molecule has 0 aliphatic rings. The zero-order valence-corrected chi connectivity index (χ0v) is 8.78. The lowest BCUT2D eigenvalue weighted by Gasteiger charge is -2.01. The summed E-state index contributed by atoms with van der Waals surface area (Å²) >= 11 is 1.59. The van der Waals surface area contributed by atoms with Crippen LogP contribution in [0.25, 0.3) is 0 Å². The van der Waals surface area contributed by atoms with Crippen molar-refractivity contribution in [1.82, 2.24) is 20.2 Å². The van der Waals surface area contributed by atoms with Gasteiger partial charge in [0.25, 0.3) is 0 Å².